The van der Waals surface area contributed by atoms with Crippen molar-refractivity contribution in [1.82, 2.24) is 30.0 Å². The maximum absolute atomic E-state index is 11.3. The van der Waals surface area contributed by atoms with Crippen molar-refractivity contribution in [3.05, 3.63) is 35.9 Å². The van der Waals surface area contributed by atoms with Gasteiger partial charge in [-0.1, -0.05) is 6.07 Å². The maximum atomic E-state index is 11.3. The van der Waals surface area contributed by atoms with Gasteiger partial charge in [-0.25, -0.2) is 10.1 Å². The molecule has 3 heterocycles. The third kappa shape index (κ3) is 3.45. The second-order valence-corrected chi connectivity index (χ2v) is 6.54. The number of hydrogen-bond donors (Lipinski definition) is 3. The molecule has 23 heavy (non-hydrogen) atoms. The summed E-state index contributed by atoms with van der Waals surface area (Å²) in [5.74, 6) is 0.556. The van der Waals surface area contributed by atoms with Crippen LogP contribution in [0, 0.1) is 0 Å². The molecule has 1 atom stereocenters. The summed E-state index contributed by atoms with van der Waals surface area (Å²) in [6.07, 6.45) is 4.20. The molecular weight excluding hydrogens is 323 g/mol. The Morgan fingerprint density at radius 3 is 2.87 bits per heavy atom. The molecule has 0 aliphatic heterocycles. The third-order valence-electron chi connectivity index (χ3n) is 3.44. The predicted octanol–water partition coefficient (Wildman–Crippen LogP) is -0.0293. The van der Waals surface area contributed by atoms with Crippen LogP contribution in [0.4, 0.5) is 0 Å². The Hall–Kier alpha value is -2.13. The van der Waals surface area contributed by atoms with E-state index in [1.807, 2.05) is 6.07 Å². The first-order chi connectivity index (χ1) is 11.0. The fraction of sp³-hybridized carbons (Fsp3) is 0.333. The van der Waals surface area contributed by atoms with E-state index in [0.29, 0.717) is 24.3 Å². The van der Waals surface area contributed by atoms with Gasteiger partial charge in [0, 0.05) is 19.5 Å². The number of rotatable bonds is 6. The molecule has 0 spiro atoms. The zero-order valence-electron chi connectivity index (χ0n) is 12.2. The van der Waals surface area contributed by atoms with Crippen molar-refractivity contribution < 1.29 is 19.1 Å². The Balaban J connectivity index is 1.77. The molecule has 122 valence electrons. The predicted molar refractivity (Wildman–Crippen MR) is 79.1 cm³/mol. The average molecular weight is 338 g/mol. The van der Waals surface area contributed by atoms with E-state index in [1.165, 1.54) is 6.20 Å². The monoisotopic (exact) mass is 338 g/mol. The van der Waals surface area contributed by atoms with Gasteiger partial charge in [-0.15, -0.1) is 5.10 Å². The molecule has 0 amide bonds. The lowest BCUT2D eigenvalue weighted by Crippen LogP contribution is -2.06. The summed E-state index contributed by atoms with van der Waals surface area (Å²) in [6.45, 7) is 0. The number of imidazole rings is 1. The first kappa shape index (κ1) is 15.8. The summed E-state index contributed by atoms with van der Waals surface area (Å²) in [4.78, 5) is 22.3. The molecule has 10 nitrogen and oxygen atoms in total. The summed E-state index contributed by atoms with van der Waals surface area (Å²) >= 11 is 0. The van der Waals surface area contributed by atoms with Gasteiger partial charge in [-0.3, -0.25) is 4.57 Å². The van der Waals surface area contributed by atoms with E-state index < -0.39 is 7.60 Å². The number of nitrogens with one attached hydrogen (secondary N) is 1. The van der Waals surface area contributed by atoms with Crippen molar-refractivity contribution in [3.63, 3.8) is 0 Å². The fourth-order valence-corrected chi connectivity index (χ4v) is 2.79. The molecule has 0 fully saturated rings. The van der Waals surface area contributed by atoms with Crippen molar-refractivity contribution in [2.24, 2.45) is 0 Å². The van der Waals surface area contributed by atoms with Gasteiger partial charge >= 0.3 is 7.60 Å². The van der Waals surface area contributed by atoms with Gasteiger partial charge < -0.3 is 18.9 Å². The van der Waals surface area contributed by atoms with Crippen LogP contribution in [0.2, 0.25) is 0 Å². The van der Waals surface area contributed by atoms with Crippen molar-refractivity contribution in [3.8, 4) is 0 Å². The van der Waals surface area contributed by atoms with Gasteiger partial charge in [-0.05, 0) is 34.9 Å². The van der Waals surface area contributed by atoms with Crippen molar-refractivity contribution >= 4 is 18.7 Å². The molecule has 3 N–H and O–H groups in total. The highest BCUT2D eigenvalue weighted by Crippen LogP contribution is 2.32. The number of nitrogens with zero attached hydrogens (tertiary/aromatic N) is 5. The topological polar surface area (TPSA) is 139 Å². The molecule has 3 aromatic rings. The van der Waals surface area contributed by atoms with Gasteiger partial charge in [0.25, 0.3) is 0 Å². The largest absolute Gasteiger partial charge is 0.376 e. The second-order valence-electron chi connectivity index (χ2n) is 5.00. The number of ether oxygens (including phenoxy) is 1. The highest BCUT2D eigenvalue weighted by molar-refractivity contribution is 7.60. The minimum Gasteiger partial charge on any atom is -0.373 e. The minimum atomic E-state index is -4.35. The molecular formula is C12H15N6O4P. The summed E-state index contributed by atoms with van der Waals surface area (Å²) < 4.78 is 18.2. The Morgan fingerprint density at radius 1 is 1.39 bits per heavy atom. The smallest absolute Gasteiger partial charge is 0.373 e. The zero-order chi connectivity index (χ0) is 16.4. The van der Waals surface area contributed by atoms with Crippen molar-refractivity contribution in [1.29, 1.82) is 0 Å². The maximum Gasteiger partial charge on any atom is 0.376 e. The Bertz CT molecular complexity index is 842. The van der Waals surface area contributed by atoms with Crippen LogP contribution >= 0.6 is 7.60 Å². The molecule has 0 radical (unpaired) electrons. The van der Waals surface area contributed by atoms with E-state index in [1.54, 1.807) is 23.8 Å². The lowest BCUT2D eigenvalue weighted by Gasteiger charge is -2.11. The van der Waals surface area contributed by atoms with E-state index in [0.717, 1.165) is 5.56 Å². The van der Waals surface area contributed by atoms with Crippen LogP contribution in [0.3, 0.4) is 0 Å². The highest BCUT2D eigenvalue weighted by atomic mass is 31.2. The second kappa shape index (κ2) is 6.17. The number of hydrogen-bond acceptors (Lipinski definition) is 6. The van der Waals surface area contributed by atoms with E-state index in [-0.39, 0.29) is 11.5 Å². The molecule has 0 saturated heterocycles. The van der Waals surface area contributed by atoms with Gasteiger partial charge in [0.15, 0.2) is 11.3 Å². The first-order valence-electron chi connectivity index (χ1n) is 6.77. The Kier molecular flexibility index (Phi) is 4.22. The van der Waals surface area contributed by atoms with E-state index in [4.69, 9.17) is 14.5 Å². The summed E-state index contributed by atoms with van der Waals surface area (Å²) in [7, 11) is -2.77. The van der Waals surface area contributed by atoms with Crippen LogP contribution in [0.15, 0.2) is 24.5 Å². The normalized spacial score (nSPS) is 13.5. The SMILES string of the molecule is COC(CCc1ccc2nc(P(=O)(O)O)cn2c1)c1nnn[nH]1. The molecule has 3 rings (SSSR count). The molecule has 0 bridgehead atoms. The third-order valence-corrected chi connectivity index (χ3v) is 4.26. The lowest BCUT2D eigenvalue weighted by molar-refractivity contribution is 0.0885. The molecule has 0 saturated carbocycles. The number of pyridine rings is 1. The van der Waals surface area contributed by atoms with Crippen molar-refractivity contribution in [2.75, 3.05) is 7.11 Å². The van der Waals surface area contributed by atoms with Crippen LogP contribution in [0.5, 0.6) is 0 Å². The zero-order valence-corrected chi connectivity index (χ0v) is 13.1. The number of aromatic amines is 1. The van der Waals surface area contributed by atoms with Gasteiger partial charge in [-0.2, -0.15) is 0 Å². The molecule has 0 aromatic carbocycles. The van der Waals surface area contributed by atoms with Gasteiger partial charge in [0.05, 0.1) is 0 Å². The molecule has 0 aliphatic rings. The van der Waals surface area contributed by atoms with E-state index >= 15 is 0 Å². The van der Waals surface area contributed by atoms with Crippen LogP contribution < -0.4 is 5.44 Å². The summed E-state index contributed by atoms with van der Waals surface area (Å²) in [6, 6.07) is 3.57. The van der Waals surface area contributed by atoms with Crippen molar-refractivity contribution in [2.45, 2.75) is 18.9 Å². The van der Waals surface area contributed by atoms with E-state index in [9.17, 15) is 4.57 Å². The van der Waals surface area contributed by atoms with E-state index in [2.05, 4.69) is 25.6 Å². The quantitative estimate of drug-likeness (QED) is 0.533. The van der Waals surface area contributed by atoms with Gasteiger partial charge in [0.2, 0.25) is 0 Å². The number of H-pyrrole nitrogens is 1. The average Bonchev–Trinajstić information content (AvgIpc) is 3.16. The highest BCUT2D eigenvalue weighted by Gasteiger charge is 2.21. The minimum absolute atomic E-state index is 0.239. The number of tetrazole rings is 1. The van der Waals surface area contributed by atoms with Crippen LogP contribution in [0.25, 0.3) is 5.65 Å². The van der Waals surface area contributed by atoms with Crippen LogP contribution in [-0.4, -0.2) is 46.9 Å². The number of fused-ring (bicyclic) bond motifs is 1. The Morgan fingerprint density at radius 2 is 2.22 bits per heavy atom. The number of aryl methyl sites for hydroxylation is 1. The van der Waals surface area contributed by atoms with Crippen LogP contribution in [0.1, 0.15) is 23.9 Å². The lowest BCUT2D eigenvalue weighted by atomic mass is 10.1. The van der Waals surface area contributed by atoms with Crippen LogP contribution in [-0.2, 0) is 15.7 Å². The molecule has 3 aromatic heterocycles. The fourth-order valence-electron chi connectivity index (χ4n) is 2.28. The number of methoxy groups -OCH3 is 1. The van der Waals surface area contributed by atoms with Gasteiger partial charge in [0.1, 0.15) is 11.8 Å². The molecule has 11 heteroatoms. The summed E-state index contributed by atoms with van der Waals surface area (Å²) in [5.41, 5.74) is 1.22. The first-order valence-corrected chi connectivity index (χ1v) is 8.39. The summed E-state index contributed by atoms with van der Waals surface area (Å²) in [5, 5.41) is 13.6. The molecule has 0 aliphatic carbocycles. The molecule has 1 unspecified atom stereocenters. The Labute approximate surface area is 130 Å². The standard InChI is InChI=1S/C12H15N6O4P/c1-22-9(12-14-16-17-15-12)4-2-8-3-5-10-13-11(23(19,20)21)7-18(10)6-8/h3,5-7,9H,2,4H2,1H3,(H2,19,20,21)(H,14,15,16,17). The number of aromatic nitrogens is 6.